The molecule has 9 nitrogen and oxygen atoms in total. The molecular formula is C31H44N4O5. The predicted molar refractivity (Wildman–Crippen MR) is 153 cm³/mol. The summed E-state index contributed by atoms with van der Waals surface area (Å²) in [5, 5.41) is 4.83. The zero-order chi connectivity index (χ0) is 28.9. The molecule has 1 aliphatic heterocycles. The largest absolute Gasteiger partial charge is 0.462 e. The number of carbonyl (C=O) groups is 3. The summed E-state index contributed by atoms with van der Waals surface area (Å²) in [5.74, 6) is 0.370. The maximum absolute atomic E-state index is 14.2. The molecule has 2 fully saturated rings. The fourth-order valence-corrected chi connectivity index (χ4v) is 5.59. The number of aromatic nitrogens is 2. The van der Waals surface area contributed by atoms with Crippen LogP contribution in [0.2, 0.25) is 0 Å². The van der Waals surface area contributed by atoms with E-state index in [1.165, 1.54) is 0 Å². The predicted octanol–water partition coefficient (Wildman–Crippen LogP) is 5.67. The van der Waals surface area contributed by atoms with E-state index in [2.05, 4.69) is 6.92 Å². The molecule has 1 aromatic heterocycles. The second kappa shape index (κ2) is 12.9. The summed E-state index contributed by atoms with van der Waals surface area (Å²) < 4.78 is 12.7. The van der Waals surface area contributed by atoms with Gasteiger partial charge in [0.2, 0.25) is 5.91 Å². The first kappa shape index (κ1) is 29.6. The van der Waals surface area contributed by atoms with Gasteiger partial charge >= 0.3 is 12.1 Å². The van der Waals surface area contributed by atoms with Crippen molar-refractivity contribution in [3.05, 3.63) is 47.7 Å². The monoisotopic (exact) mass is 552 g/mol. The molecule has 1 aliphatic carbocycles. The van der Waals surface area contributed by atoms with Gasteiger partial charge in [0.25, 0.3) is 0 Å². The number of hydrogen-bond donors (Lipinski definition) is 0. The zero-order valence-corrected chi connectivity index (χ0v) is 24.6. The summed E-state index contributed by atoms with van der Waals surface area (Å²) in [5.41, 5.74) is 0.760. The van der Waals surface area contributed by atoms with Gasteiger partial charge in [0.05, 0.1) is 13.2 Å². The molecule has 2 heterocycles. The third-order valence-corrected chi connectivity index (χ3v) is 7.74. The van der Waals surface area contributed by atoms with Gasteiger partial charge < -0.3 is 14.4 Å². The number of likely N-dealkylation sites (tertiary alicyclic amines) is 1. The fraction of sp³-hybridized carbons (Fsp3) is 0.613. The van der Waals surface area contributed by atoms with Gasteiger partial charge in [-0.1, -0.05) is 37.3 Å². The van der Waals surface area contributed by atoms with E-state index in [-0.39, 0.29) is 30.6 Å². The molecular weight excluding hydrogens is 508 g/mol. The molecule has 1 aromatic carbocycles. The van der Waals surface area contributed by atoms with Crippen LogP contribution in [-0.2, 0) is 20.8 Å². The SMILES string of the molecule is CCOC(=O)c1cn(Cc2ccccc2)nc1N(C(=O)[C@H]1CC[C@H](C)CC1)C1CCN(C(=O)OC(C)(C)C)CC1. The van der Waals surface area contributed by atoms with Crippen LogP contribution in [0.3, 0.4) is 0 Å². The fourth-order valence-electron chi connectivity index (χ4n) is 5.59. The Morgan fingerprint density at radius 3 is 2.25 bits per heavy atom. The van der Waals surface area contributed by atoms with Gasteiger partial charge in [0, 0.05) is 31.2 Å². The van der Waals surface area contributed by atoms with Crippen molar-refractivity contribution in [3.63, 3.8) is 0 Å². The Morgan fingerprint density at radius 1 is 1.00 bits per heavy atom. The molecule has 0 radical (unpaired) electrons. The summed E-state index contributed by atoms with van der Waals surface area (Å²) in [6.07, 6.45) is 6.16. The first-order valence-corrected chi connectivity index (χ1v) is 14.6. The van der Waals surface area contributed by atoms with Crippen molar-refractivity contribution in [2.45, 2.75) is 91.3 Å². The highest BCUT2D eigenvalue weighted by atomic mass is 16.6. The number of ether oxygens (including phenoxy) is 2. The van der Waals surface area contributed by atoms with Gasteiger partial charge in [0.15, 0.2) is 5.82 Å². The molecule has 0 N–H and O–H groups in total. The van der Waals surface area contributed by atoms with Gasteiger partial charge in [-0.3, -0.25) is 14.4 Å². The van der Waals surface area contributed by atoms with Gasteiger partial charge in [-0.2, -0.15) is 5.10 Å². The molecule has 2 aliphatic rings. The van der Waals surface area contributed by atoms with E-state index in [0.29, 0.717) is 49.8 Å². The number of rotatable bonds is 7. The summed E-state index contributed by atoms with van der Waals surface area (Å²) >= 11 is 0. The average Bonchev–Trinajstić information content (AvgIpc) is 3.32. The Hall–Kier alpha value is -3.36. The maximum Gasteiger partial charge on any atom is 0.410 e. The molecule has 4 rings (SSSR count). The quantitative estimate of drug-likeness (QED) is 0.411. The van der Waals surface area contributed by atoms with Gasteiger partial charge in [0.1, 0.15) is 11.2 Å². The highest BCUT2D eigenvalue weighted by Crippen LogP contribution is 2.34. The van der Waals surface area contributed by atoms with Crippen LogP contribution in [0.15, 0.2) is 36.5 Å². The Kier molecular flexibility index (Phi) is 9.53. The third kappa shape index (κ3) is 7.43. The van der Waals surface area contributed by atoms with Crippen molar-refractivity contribution in [1.82, 2.24) is 14.7 Å². The Labute approximate surface area is 237 Å². The lowest BCUT2D eigenvalue weighted by Gasteiger charge is -2.40. The first-order valence-electron chi connectivity index (χ1n) is 14.6. The summed E-state index contributed by atoms with van der Waals surface area (Å²) in [7, 11) is 0. The number of amides is 2. The lowest BCUT2D eigenvalue weighted by molar-refractivity contribution is -0.124. The molecule has 0 unspecified atom stereocenters. The van der Waals surface area contributed by atoms with Crippen molar-refractivity contribution in [1.29, 1.82) is 0 Å². The average molecular weight is 553 g/mol. The lowest BCUT2D eigenvalue weighted by atomic mass is 9.82. The van der Waals surface area contributed by atoms with Crippen molar-refractivity contribution in [2.75, 3.05) is 24.6 Å². The van der Waals surface area contributed by atoms with Crippen molar-refractivity contribution < 1.29 is 23.9 Å². The summed E-state index contributed by atoms with van der Waals surface area (Å²) in [4.78, 5) is 43.6. The number of anilines is 1. The van der Waals surface area contributed by atoms with Crippen molar-refractivity contribution in [3.8, 4) is 0 Å². The highest BCUT2D eigenvalue weighted by molar-refractivity contribution is 6.02. The molecule has 1 saturated carbocycles. The second-order valence-corrected chi connectivity index (χ2v) is 12.1. The number of carbonyl (C=O) groups excluding carboxylic acids is 3. The van der Waals surface area contributed by atoms with Crippen molar-refractivity contribution >= 4 is 23.8 Å². The maximum atomic E-state index is 14.2. The van der Waals surface area contributed by atoms with Gasteiger partial charge in [-0.05, 0) is 77.7 Å². The van der Waals surface area contributed by atoms with E-state index < -0.39 is 11.6 Å². The number of piperidine rings is 1. The van der Waals surface area contributed by atoms with Crippen LogP contribution >= 0.6 is 0 Å². The molecule has 218 valence electrons. The smallest absolute Gasteiger partial charge is 0.410 e. The van der Waals surface area contributed by atoms with E-state index in [1.807, 2.05) is 51.1 Å². The molecule has 2 aromatic rings. The summed E-state index contributed by atoms with van der Waals surface area (Å²) in [6, 6.07) is 9.69. The molecule has 2 amide bonds. The van der Waals surface area contributed by atoms with E-state index in [1.54, 1.807) is 27.6 Å². The normalized spacial score (nSPS) is 20.2. The number of hydrogen-bond acceptors (Lipinski definition) is 6. The zero-order valence-electron chi connectivity index (χ0n) is 24.6. The van der Waals surface area contributed by atoms with Crippen LogP contribution < -0.4 is 4.90 Å². The minimum atomic E-state index is -0.575. The van der Waals surface area contributed by atoms with Crippen LogP contribution in [0, 0.1) is 11.8 Å². The number of esters is 1. The lowest BCUT2D eigenvalue weighted by Crippen LogP contribution is -2.52. The van der Waals surface area contributed by atoms with Crippen LogP contribution in [0.4, 0.5) is 10.6 Å². The minimum absolute atomic E-state index is 0.0122. The van der Waals surface area contributed by atoms with Gasteiger partial charge in [-0.15, -0.1) is 0 Å². The second-order valence-electron chi connectivity index (χ2n) is 12.1. The van der Waals surface area contributed by atoms with Crippen LogP contribution in [-0.4, -0.2) is 64.0 Å². The molecule has 40 heavy (non-hydrogen) atoms. The van der Waals surface area contributed by atoms with E-state index in [0.717, 1.165) is 31.2 Å². The standard InChI is InChI=1S/C31H44N4O5/c1-6-39-29(37)26-21-34(20-23-10-8-7-9-11-23)32-27(26)35(28(36)24-14-12-22(2)13-15-24)25-16-18-33(19-17-25)30(38)40-31(3,4)5/h7-11,21-22,24-25H,6,12-20H2,1-5H3/t22-,24-. The molecule has 0 bridgehead atoms. The highest BCUT2D eigenvalue weighted by Gasteiger charge is 2.39. The topological polar surface area (TPSA) is 94.0 Å². The Balaban J connectivity index is 1.65. The number of benzene rings is 1. The Bertz CT molecular complexity index is 1160. The van der Waals surface area contributed by atoms with Crippen LogP contribution in [0.1, 0.15) is 89.1 Å². The van der Waals surface area contributed by atoms with E-state index in [4.69, 9.17) is 14.6 Å². The van der Waals surface area contributed by atoms with Crippen LogP contribution in [0.25, 0.3) is 0 Å². The third-order valence-electron chi connectivity index (χ3n) is 7.74. The Morgan fingerprint density at radius 2 is 1.65 bits per heavy atom. The van der Waals surface area contributed by atoms with Crippen molar-refractivity contribution in [2.24, 2.45) is 11.8 Å². The van der Waals surface area contributed by atoms with E-state index in [9.17, 15) is 14.4 Å². The summed E-state index contributed by atoms with van der Waals surface area (Å²) in [6.45, 7) is 11.2. The van der Waals surface area contributed by atoms with Gasteiger partial charge in [-0.25, -0.2) is 9.59 Å². The molecule has 1 saturated heterocycles. The van der Waals surface area contributed by atoms with Crippen LogP contribution in [0.5, 0.6) is 0 Å². The molecule has 0 spiro atoms. The number of nitrogens with zero attached hydrogens (tertiary/aromatic N) is 4. The minimum Gasteiger partial charge on any atom is -0.462 e. The molecule has 0 atom stereocenters. The van der Waals surface area contributed by atoms with E-state index >= 15 is 0 Å². The molecule has 9 heteroatoms. The first-order chi connectivity index (χ1) is 19.1.